The van der Waals surface area contributed by atoms with E-state index in [0.29, 0.717) is 18.6 Å². The molecule has 0 aromatic heterocycles. The Morgan fingerprint density at radius 3 is 2.11 bits per heavy atom. The number of carboxylic acid groups (broad SMARTS) is 1. The molecule has 0 saturated heterocycles. The average Bonchev–Trinajstić information content (AvgIpc) is 3.14. The fraction of sp³-hybridized carbons (Fsp3) is 0.414. The van der Waals surface area contributed by atoms with Crippen LogP contribution in [-0.2, 0) is 19.1 Å². The molecule has 0 spiro atoms. The highest BCUT2D eigenvalue weighted by Crippen LogP contribution is 2.44. The van der Waals surface area contributed by atoms with Gasteiger partial charge in [-0.2, -0.15) is 0 Å². The number of ketones is 2. The topological polar surface area (TPSA) is 122 Å². The molecule has 2 N–H and O–H groups in total. The summed E-state index contributed by atoms with van der Waals surface area (Å²) in [7, 11) is 0. The number of amides is 1. The molecule has 0 bridgehead atoms. The lowest BCUT2D eigenvalue weighted by molar-refractivity contribution is -0.140. The Bertz CT molecular complexity index is 1200. The van der Waals surface area contributed by atoms with Gasteiger partial charge in [-0.25, -0.2) is 9.59 Å². The van der Waals surface area contributed by atoms with Crippen LogP contribution < -0.4 is 5.32 Å². The summed E-state index contributed by atoms with van der Waals surface area (Å²) < 4.78 is 5.45. The standard InChI is InChI=1S/C29H32N2O6/c1-17(26-24(32)14-29(2,3)15-25(26)33)30-13-12-23(27(34)35)31-28(36)37-16-22-20-10-6-4-8-18(20)19-9-5-7-11-21(19)22/h4-11,22-23,26H,12-16H2,1-3H3,(H,31,36)(H,34,35)/t23-/m1/s1. The van der Waals surface area contributed by atoms with Gasteiger partial charge in [0.15, 0.2) is 0 Å². The van der Waals surface area contributed by atoms with Crippen molar-refractivity contribution in [2.24, 2.45) is 16.3 Å². The molecule has 194 valence electrons. The smallest absolute Gasteiger partial charge is 0.407 e. The maximum absolute atomic E-state index is 12.5. The van der Waals surface area contributed by atoms with Crippen molar-refractivity contribution in [3.63, 3.8) is 0 Å². The number of alkyl carbamates (subject to hydrolysis) is 1. The monoisotopic (exact) mass is 504 g/mol. The molecule has 4 rings (SSSR count). The van der Waals surface area contributed by atoms with E-state index in [9.17, 15) is 24.3 Å². The highest BCUT2D eigenvalue weighted by molar-refractivity contribution is 6.21. The third-order valence-corrected chi connectivity index (χ3v) is 7.08. The number of nitrogens with one attached hydrogen (secondary N) is 1. The number of ether oxygens (including phenoxy) is 1. The van der Waals surface area contributed by atoms with Crippen molar-refractivity contribution in [3.05, 3.63) is 59.7 Å². The van der Waals surface area contributed by atoms with Crippen LogP contribution in [0.3, 0.4) is 0 Å². The highest BCUT2D eigenvalue weighted by atomic mass is 16.5. The van der Waals surface area contributed by atoms with Gasteiger partial charge in [-0.3, -0.25) is 14.6 Å². The van der Waals surface area contributed by atoms with Gasteiger partial charge in [0, 0.05) is 31.0 Å². The summed E-state index contributed by atoms with van der Waals surface area (Å²) in [6.45, 7) is 5.52. The van der Waals surface area contributed by atoms with E-state index in [4.69, 9.17) is 4.74 Å². The minimum Gasteiger partial charge on any atom is -0.480 e. The second kappa shape index (κ2) is 10.7. The molecule has 0 aliphatic heterocycles. The quantitative estimate of drug-likeness (QED) is 0.406. The van der Waals surface area contributed by atoms with Crippen molar-refractivity contribution >= 4 is 29.3 Å². The fourth-order valence-corrected chi connectivity index (χ4v) is 5.36. The lowest BCUT2D eigenvalue weighted by Gasteiger charge is -2.31. The number of aliphatic imine (C=N–C) groups is 1. The predicted octanol–water partition coefficient (Wildman–Crippen LogP) is 4.40. The summed E-state index contributed by atoms with van der Waals surface area (Å²) in [5.74, 6) is -2.54. The van der Waals surface area contributed by atoms with Gasteiger partial charge in [-0.1, -0.05) is 62.4 Å². The van der Waals surface area contributed by atoms with Gasteiger partial charge in [-0.15, -0.1) is 0 Å². The molecule has 1 amide bonds. The largest absolute Gasteiger partial charge is 0.480 e. The first-order valence-electron chi connectivity index (χ1n) is 12.5. The van der Waals surface area contributed by atoms with Crippen LogP contribution in [0, 0.1) is 11.3 Å². The number of aliphatic carboxylic acids is 1. The lowest BCUT2D eigenvalue weighted by atomic mass is 9.70. The number of carbonyl (C=O) groups excluding carboxylic acids is 3. The minimum absolute atomic E-state index is 0.00252. The summed E-state index contributed by atoms with van der Waals surface area (Å²) >= 11 is 0. The van der Waals surface area contributed by atoms with E-state index in [0.717, 1.165) is 22.3 Å². The van der Waals surface area contributed by atoms with Gasteiger partial charge in [0.1, 0.15) is 30.1 Å². The molecule has 1 atom stereocenters. The zero-order chi connectivity index (χ0) is 26.7. The van der Waals surface area contributed by atoms with Crippen molar-refractivity contribution in [2.45, 2.75) is 52.0 Å². The highest BCUT2D eigenvalue weighted by Gasteiger charge is 2.40. The van der Waals surface area contributed by atoms with Gasteiger partial charge in [0.2, 0.25) is 0 Å². The van der Waals surface area contributed by atoms with Crippen LogP contribution >= 0.6 is 0 Å². The van der Waals surface area contributed by atoms with Gasteiger partial charge in [-0.05, 0) is 41.0 Å². The molecule has 8 nitrogen and oxygen atoms in total. The number of carboxylic acids is 1. The molecule has 0 heterocycles. The average molecular weight is 505 g/mol. The maximum Gasteiger partial charge on any atom is 0.407 e. The second-order valence-electron chi connectivity index (χ2n) is 10.6. The van der Waals surface area contributed by atoms with Gasteiger partial charge < -0.3 is 15.2 Å². The molecule has 37 heavy (non-hydrogen) atoms. The van der Waals surface area contributed by atoms with E-state index in [2.05, 4.69) is 10.3 Å². The molecule has 1 saturated carbocycles. The van der Waals surface area contributed by atoms with Crippen LogP contribution in [0.15, 0.2) is 53.5 Å². The van der Waals surface area contributed by atoms with Crippen LogP contribution in [0.4, 0.5) is 4.79 Å². The first kappa shape index (κ1) is 26.3. The molecule has 2 aliphatic carbocycles. The molecule has 2 aliphatic rings. The molecule has 2 aromatic rings. The zero-order valence-electron chi connectivity index (χ0n) is 21.3. The molecule has 1 fully saturated rings. The molecule has 2 aromatic carbocycles. The van der Waals surface area contributed by atoms with Crippen LogP contribution in [0.1, 0.15) is 57.1 Å². The normalized spacial score (nSPS) is 18.2. The van der Waals surface area contributed by atoms with Crippen molar-refractivity contribution in [1.29, 1.82) is 0 Å². The SMILES string of the molecule is CC(=NCC[C@@H](NC(=O)OCC1c2ccccc2-c2ccccc21)C(=O)O)C1C(=O)CC(C)(C)CC1=O. The number of rotatable bonds is 8. The van der Waals surface area contributed by atoms with E-state index in [1.807, 2.05) is 62.4 Å². The van der Waals surface area contributed by atoms with Gasteiger partial charge in [0.05, 0.1) is 0 Å². The second-order valence-corrected chi connectivity index (χ2v) is 10.6. The first-order chi connectivity index (χ1) is 17.6. The number of Topliss-reactive ketones (excluding diaryl/α,β-unsaturated/α-hetero) is 2. The van der Waals surface area contributed by atoms with E-state index in [1.165, 1.54) is 0 Å². The Hall–Kier alpha value is -3.81. The van der Waals surface area contributed by atoms with E-state index in [-0.39, 0.29) is 42.5 Å². The molecule has 0 radical (unpaired) electrons. The predicted molar refractivity (Wildman–Crippen MR) is 139 cm³/mol. The number of fused-ring (bicyclic) bond motifs is 3. The van der Waals surface area contributed by atoms with Crippen molar-refractivity contribution < 1.29 is 29.0 Å². The Balaban J connectivity index is 1.33. The van der Waals surface area contributed by atoms with E-state index < -0.39 is 24.0 Å². The zero-order valence-corrected chi connectivity index (χ0v) is 21.3. The summed E-state index contributed by atoms with van der Waals surface area (Å²) in [4.78, 5) is 53.5. The number of benzene rings is 2. The summed E-state index contributed by atoms with van der Waals surface area (Å²) in [5.41, 5.74) is 4.35. The van der Waals surface area contributed by atoms with Gasteiger partial charge >= 0.3 is 12.1 Å². The Morgan fingerprint density at radius 2 is 1.57 bits per heavy atom. The first-order valence-corrected chi connectivity index (χ1v) is 12.5. The van der Waals surface area contributed by atoms with Crippen molar-refractivity contribution in [3.8, 4) is 11.1 Å². The molecule has 0 unspecified atom stereocenters. The van der Waals surface area contributed by atoms with Crippen LogP contribution in [0.25, 0.3) is 11.1 Å². The Labute approximate surface area is 216 Å². The number of nitrogens with zero attached hydrogens (tertiary/aromatic N) is 1. The minimum atomic E-state index is -1.22. The van der Waals surface area contributed by atoms with Crippen LogP contribution in [0.5, 0.6) is 0 Å². The number of hydrogen-bond acceptors (Lipinski definition) is 6. The maximum atomic E-state index is 12.5. The fourth-order valence-electron chi connectivity index (χ4n) is 5.36. The molecular weight excluding hydrogens is 472 g/mol. The van der Waals surface area contributed by atoms with Gasteiger partial charge in [0.25, 0.3) is 0 Å². The number of hydrogen-bond donors (Lipinski definition) is 2. The number of carbonyl (C=O) groups is 4. The molecular formula is C29H32N2O6. The van der Waals surface area contributed by atoms with Crippen molar-refractivity contribution in [2.75, 3.05) is 13.2 Å². The summed E-state index contributed by atoms with van der Waals surface area (Å²) in [6.07, 6.45) is -0.221. The van der Waals surface area contributed by atoms with Crippen LogP contribution in [0.2, 0.25) is 0 Å². The van der Waals surface area contributed by atoms with E-state index in [1.54, 1.807) is 6.92 Å². The summed E-state index contributed by atoms with van der Waals surface area (Å²) in [6, 6.07) is 14.7. The lowest BCUT2D eigenvalue weighted by Crippen LogP contribution is -2.42. The third-order valence-electron chi connectivity index (χ3n) is 7.08. The van der Waals surface area contributed by atoms with Crippen LogP contribution in [-0.4, -0.2) is 53.6 Å². The Kier molecular flexibility index (Phi) is 7.57. The Morgan fingerprint density at radius 1 is 1.03 bits per heavy atom. The van der Waals surface area contributed by atoms with E-state index >= 15 is 0 Å². The van der Waals surface area contributed by atoms with Crippen molar-refractivity contribution in [1.82, 2.24) is 5.32 Å². The summed E-state index contributed by atoms with van der Waals surface area (Å²) in [5, 5.41) is 12.0. The molecule has 8 heteroatoms. The third kappa shape index (κ3) is 5.79.